The van der Waals surface area contributed by atoms with E-state index in [0.717, 1.165) is 6.42 Å². The van der Waals surface area contributed by atoms with Crippen LogP contribution in [0.5, 0.6) is 0 Å². The van der Waals surface area contributed by atoms with Crippen LogP contribution in [0.3, 0.4) is 0 Å². The Labute approximate surface area is 73.2 Å². The monoisotopic (exact) mass is 171 g/mol. The van der Waals surface area contributed by atoms with Gasteiger partial charge in [-0.05, 0) is 20.3 Å². The highest BCUT2D eigenvalue weighted by Gasteiger charge is 2.29. The normalized spacial score (nSPS) is 36.9. The van der Waals surface area contributed by atoms with Crippen LogP contribution in [0.4, 0.5) is 0 Å². The van der Waals surface area contributed by atoms with Gasteiger partial charge in [-0.25, -0.2) is 0 Å². The van der Waals surface area contributed by atoms with Crippen molar-refractivity contribution in [2.75, 3.05) is 7.05 Å². The zero-order valence-corrected chi connectivity index (χ0v) is 7.87. The lowest BCUT2D eigenvalue weighted by atomic mass is 10.1. The Morgan fingerprint density at radius 3 is 2.67 bits per heavy atom. The summed E-state index contributed by atoms with van der Waals surface area (Å²) in [6.07, 6.45) is 1.54. The Balaban J connectivity index is 2.43. The van der Waals surface area contributed by atoms with Gasteiger partial charge in [-0.2, -0.15) is 0 Å². The number of hydrogen-bond donors (Lipinski definition) is 2. The Morgan fingerprint density at radius 2 is 2.25 bits per heavy atom. The summed E-state index contributed by atoms with van der Waals surface area (Å²) in [5.74, 6) is 0.490. The van der Waals surface area contributed by atoms with Gasteiger partial charge in [-0.1, -0.05) is 0 Å². The number of nitrogens with two attached hydrogens (primary N) is 1. The average molecular weight is 171 g/mol. The molecule has 0 aromatic carbocycles. The molecule has 0 aromatic rings. The van der Waals surface area contributed by atoms with Gasteiger partial charge in [0.15, 0.2) is 5.96 Å². The highest BCUT2D eigenvalue weighted by molar-refractivity contribution is 5.78. The number of guanidine groups is 1. The molecule has 1 heterocycles. The first kappa shape index (κ1) is 9.32. The van der Waals surface area contributed by atoms with Crippen molar-refractivity contribution >= 4 is 5.96 Å². The summed E-state index contributed by atoms with van der Waals surface area (Å²) in [7, 11) is 1.67. The van der Waals surface area contributed by atoms with Crippen molar-refractivity contribution in [2.45, 2.75) is 38.5 Å². The van der Waals surface area contributed by atoms with Crippen molar-refractivity contribution in [1.29, 1.82) is 0 Å². The highest BCUT2D eigenvalue weighted by Crippen LogP contribution is 2.18. The van der Waals surface area contributed by atoms with E-state index in [4.69, 9.17) is 10.5 Å². The molecule has 3 N–H and O–H groups in total. The predicted molar refractivity (Wildman–Crippen MR) is 49.1 cm³/mol. The number of ether oxygens (including phenoxy) is 1. The van der Waals surface area contributed by atoms with Crippen LogP contribution >= 0.6 is 0 Å². The maximum absolute atomic E-state index is 5.55. The number of rotatable bonds is 1. The first-order valence-electron chi connectivity index (χ1n) is 4.27. The molecule has 1 aliphatic heterocycles. The second-order valence-electron chi connectivity index (χ2n) is 3.25. The Kier molecular flexibility index (Phi) is 2.92. The number of aliphatic imine (C=N–C) groups is 1. The van der Waals surface area contributed by atoms with E-state index in [1.165, 1.54) is 0 Å². The van der Waals surface area contributed by atoms with Crippen molar-refractivity contribution in [3.63, 3.8) is 0 Å². The largest absolute Gasteiger partial charge is 0.373 e. The second kappa shape index (κ2) is 3.76. The minimum Gasteiger partial charge on any atom is -0.373 e. The molecule has 1 saturated heterocycles. The topological polar surface area (TPSA) is 59.6 Å². The van der Waals surface area contributed by atoms with Crippen LogP contribution in [0.15, 0.2) is 4.99 Å². The Morgan fingerprint density at radius 1 is 1.58 bits per heavy atom. The van der Waals surface area contributed by atoms with Crippen molar-refractivity contribution in [3.8, 4) is 0 Å². The number of nitrogens with zero attached hydrogens (tertiary/aromatic N) is 1. The van der Waals surface area contributed by atoms with E-state index in [0.29, 0.717) is 18.1 Å². The first-order valence-corrected chi connectivity index (χ1v) is 4.27. The molecule has 1 fully saturated rings. The van der Waals surface area contributed by atoms with Gasteiger partial charge in [0.1, 0.15) is 0 Å². The van der Waals surface area contributed by atoms with Crippen molar-refractivity contribution in [2.24, 2.45) is 10.7 Å². The third-order valence-electron chi connectivity index (χ3n) is 2.17. The number of hydrogen-bond acceptors (Lipinski definition) is 2. The van der Waals surface area contributed by atoms with Gasteiger partial charge in [0.05, 0.1) is 18.2 Å². The van der Waals surface area contributed by atoms with Crippen molar-refractivity contribution < 1.29 is 4.74 Å². The molecule has 1 rings (SSSR count). The molecular weight excluding hydrogens is 154 g/mol. The summed E-state index contributed by atoms with van der Waals surface area (Å²) in [5, 5.41) is 3.11. The zero-order valence-electron chi connectivity index (χ0n) is 7.87. The maximum Gasteiger partial charge on any atom is 0.188 e. The van der Waals surface area contributed by atoms with Gasteiger partial charge < -0.3 is 15.8 Å². The van der Waals surface area contributed by atoms with Crippen molar-refractivity contribution in [1.82, 2.24) is 5.32 Å². The molecule has 0 spiro atoms. The number of nitrogens with one attached hydrogen (secondary N) is 1. The summed E-state index contributed by atoms with van der Waals surface area (Å²) >= 11 is 0. The van der Waals surface area contributed by atoms with Crippen LogP contribution in [0.2, 0.25) is 0 Å². The summed E-state index contributed by atoms with van der Waals surface area (Å²) in [5.41, 5.74) is 5.54. The van der Waals surface area contributed by atoms with Gasteiger partial charge in [0.2, 0.25) is 0 Å². The van der Waals surface area contributed by atoms with E-state index in [1.807, 2.05) is 6.92 Å². The molecule has 4 nitrogen and oxygen atoms in total. The van der Waals surface area contributed by atoms with E-state index in [9.17, 15) is 0 Å². The maximum atomic E-state index is 5.55. The van der Waals surface area contributed by atoms with E-state index >= 15 is 0 Å². The van der Waals surface area contributed by atoms with E-state index in [2.05, 4.69) is 17.2 Å². The standard InChI is InChI=1S/C8H17N3O/c1-5-4-7(6(2)12-5)11-8(9)10-3/h5-7H,4H2,1-3H3,(H3,9,10,11). The molecule has 3 atom stereocenters. The van der Waals surface area contributed by atoms with Crippen LogP contribution in [0.1, 0.15) is 20.3 Å². The lowest BCUT2D eigenvalue weighted by Gasteiger charge is -2.15. The fraction of sp³-hybridized carbons (Fsp3) is 0.875. The van der Waals surface area contributed by atoms with Crippen LogP contribution in [0.25, 0.3) is 0 Å². The molecule has 1 aliphatic rings. The fourth-order valence-electron chi connectivity index (χ4n) is 1.50. The smallest absolute Gasteiger partial charge is 0.188 e. The fourth-order valence-corrected chi connectivity index (χ4v) is 1.50. The second-order valence-corrected chi connectivity index (χ2v) is 3.25. The molecular formula is C8H17N3O. The van der Waals surface area contributed by atoms with Crippen molar-refractivity contribution in [3.05, 3.63) is 0 Å². The van der Waals surface area contributed by atoms with E-state index < -0.39 is 0 Å². The predicted octanol–water partition coefficient (Wildman–Crippen LogP) is 0.0864. The van der Waals surface area contributed by atoms with Crippen LogP contribution in [-0.2, 0) is 4.74 Å². The highest BCUT2D eigenvalue weighted by atomic mass is 16.5. The molecule has 12 heavy (non-hydrogen) atoms. The quantitative estimate of drug-likeness (QED) is 0.434. The summed E-state index contributed by atoms with van der Waals surface area (Å²) in [6, 6.07) is 0.309. The average Bonchev–Trinajstić information content (AvgIpc) is 2.30. The summed E-state index contributed by atoms with van der Waals surface area (Å²) in [4.78, 5) is 3.84. The minimum atomic E-state index is 0.222. The molecule has 3 unspecified atom stereocenters. The van der Waals surface area contributed by atoms with Crippen LogP contribution in [-0.4, -0.2) is 31.3 Å². The van der Waals surface area contributed by atoms with Gasteiger partial charge in [0, 0.05) is 7.05 Å². The summed E-state index contributed by atoms with van der Waals surface area (Å²) in [6.45, 7) is 4.11. The molecule has 0 radical (unpaired) electrons. The van der Waals surface area contributed by atoms with Crippen LogP contribution < -0.4 is 11.1 Å². The lowest BCUT2D eigenvalue weighted by Crippen LogP contribution is -2.43. The summed E-state index contributed by atoms with van der Waals surface area (Å²) < 4.78 is 5.55. The minimum absolute atomic E-state index is 0.222. The van der Waals surface area contributed by atoms with E-state index in [-0.39, 0.29) is 6.10 Å². The van der Waals surface area contributed by atoms with Gasteiger partial charge in [0.25, 0.3) is 0 Å². The Hall–Kier alpha value is -0.770. The molecule has 4 heteroatoms. The third-order valence-corrected chi connectivity index (χ3v) is 2.17. The molecule has 70 valence electrons. The molecule has 0 amide bonds. The first-order chi connectivity index (χ1) is 5.63. The SMILES string of the molecule is CN=C(N)NC1CC(C)OC1C. The van der Waals surface area contributed by atoms with Gasteiger partial charge in [-0.15, -0.1) is 0 Å². The zero-order chi connectivity index (χ0) is 9.14. The van der Waals surface area contributed by atoms with Gasteiger partial charge in [-0.3, -0.25) is 4.99 Å². The third kappa shape index (κ3) is 2.11. The van der Waals surface area contributed by atoms with Crippen LogP contribution in [0, 0.1) is 0 Å². The molecule has 0 saturated carbocycles. The molecule has 0 aromatic heterocycles. The molecule has 0 bridgehead atoms. The molecule has 0 aliphatic carbocycles. The van der Waals surface area contributed by atoms with E-state index in [1.54, 1.807) is 7.05 Å². The Bertz CT molecular complexity index is 181. The van der Waals surface area contributed by atoms with Gasteiger partial charge >= 0.3 is 0 Å². The lowest BCUT2D eigenvalue weighted by molar-refractivity contribution is 0.0622.